The number of pyridine rings is 1. The van der Waals surface area contributed by atoms with Crippen molar-refractivity contribution >= 4 is 10.9 Å². The van der Waals surface area contributed by atoms with Crippen molar-refractivity contribution in [2.24, 2.45) is 0 Å². The molecule has 0 aliphatic rings. The topological polar surface area (TPSA) is 12.9 Å². The Bertz CT molecular complexity index is 749. The van der Waals surface area contributed by atoms with Crippen molar-refractivity contribution in [3.63, 3.8) is 0 Å². The monoisotopic (exact) mass is 273 g/mol. The average Bonchev–Trinajstić information content (AvgIpc) is 2.46. The van der Waals surface area contributed by atoms with Gasteiger partial charge in [-0.05, 0) is 23.3 Å². The molecule has 0 saturated heterocycles. The number of para-hydroxylation sites is 1. The second-order valence-corrected chi connectivity index (χ2v) is 4.44. The SMILES string of the molecule is FC(F)(F)c1cc(-c2ccccc2)c2ccccc2n1. The van der Waals surface area contributed by atoms with Gasteiger partial charge in [0.1, 0.15) is 5.69 Å². The number of nitrogens with zero attached hydrogens (tertiary/aromatic N) is 1. The van der Waals surface area contributed by atoms with E-state index in [0.717, 1.165) is 11.6 Å². The van der Waals surface area contributed by atoms with Crippen molar-refractivity contribution in [3.8, 4) is 11.1 Å². The molecule has 20 heavy (non-hydrogen) atoms. The fraction of sp³-hybridized carbons (Fsp3) is 0.0625. The highest BCUT2D eigenvalue weighted by atomic mass is 19.4. The van der Waals surface area contributed by atoms with Crippen LogP contribution in [0.2, 0.25) is 0 Å². The van der Waals surface area contributed by atoms with Crippen molar-refractivity contribution in [2.75, 3.05) is 0 Å². The third kappa shape index (κ3) is 2.25. The molecule has 0 N–H and O–H groups in total. The molecule has 0 atom stereocenters. The number of hydrogen-bond donors (Lipinski definition) is 0. The summed E-state index contributed by atoms with van der Waals surface area (Å²) < 4.78 is 38.8. The first-order valence-corrected chi connectivity index (χ1v) is 6.08. The molecule has 100 valence electrons. The van der Waals surface area contributed by atoms with Crippen LogP contribution in [0.15, 0.2) is 60.7 Å². The summed E-state index contributed by atoms with van der Waals surface area (Å²) in [4.78, 5) is 3.71. The second kappa shape index (κ2) is 4.63. The largest absolute Gasteiger partial charge is 0.433 e. The zero-order chi connectivity index (χ0) is 14.2. The Morgan fingerprint density at radius 2 is 1.45 bits per heavy atom. The van der Waals surface area contributed by atoms with Crippen LogP contribution in [-0.4, -0.2) is 4.98 Å². The van der Waals surface area contributed by atoms with Gasteiger partial charge in [-0.1, -0.05) is 48.5 Å². The van der Waals surface area contributed by atoms with Crippen LogP contribution in [0.3, 0.4) is 0 Å². The molecule has 1 aromatic heterocycles. The quantitative estimate of drug-likeness (QED) is 0.613. The summed E-state index contributed by atoms with van der Waals surface area (Å²) >= 11 is 0. The molecule has 3 aromatic rings. The van der Waals surface area contributed by atoms with Gasteiger partial charge >= 0.3 is 6.18 Å². The summed E-state index contributed by atoms with van der Waals surface area (Å²) in [6, 6.07) is 17.0. The Balaban J connectivity index is 2.34. The van der Waals surface area contributed by atoms with Gasteiger partial charge in [-0.25, -0.2) is 4.98 Å². The van der Waals surface area contributed by atoms with Crippen LogP contribution < -0.4 is 0 Å². The highest BCUT2D eigenvalue weighted by Crippen LogP contribution is 2.34. The highest BCUT2D eigenvalue weighted by molar-refractivity contribution is 5.94. The summed E-state index contributed by atoms with van der Waals surface area (Å²) in [6.45, 7) is 0. The molecule has 0 unspecified atom stereocenters. The van der Waals surface area contributed by atoms with Gasteiger partial charge in [0.15, 0.2) is 0 Å². The Morgan fingerprint density at radius 3 is 2.15 bits per heavy atom. The smallest absolute Gasteiger partial charge is 0.243 e. The number of halogens is 3. The van der Waals surface area contributed by atoms with Gasteiger partial charge < -0.3 is 0 Å². The van der Waals surface area contributed by atoms with E-state index in [9.17, 15) is 13.2 Å². The van der Waals surface area contributed by atoms with E-state index in [2.05, 4.69) is 4.98 Å². The van der Waals surface area contributed by atoms with Crippen LogP contribution in [0.5, 0.6) is 0 Å². The normalized spacial score (nSPS) is 11.8. The lowest BCUT2D eigenvalue weighted by Gasteiger charge is -2.11. The lowest BCUT2D eigenvalue weighted by atomic mass is 10.00. The standard InChI is InChI=1S/C16H10F3N/c17-16(18,19)15-10-13(11-6-2-1-3-7-11)12-8-4-5-9-14(12)20-15/h1-10H. The van der Waals surface area contributed by atoms with E-state index in [0.29, 0.717) is 16.5 Å². The van der Waals surface area contributed by atoms with Gasteiger partial charge in [-0.15, -0.1) is 0 Å². The second-order valence-electron chi connectivity index (χ2n) is 4.44. The van der Waals surface area contributed by atoms with Crippen molar-refractivity contribution in [2.45, 2.75) is 6.18 Å². The summed E-state index contributed by atoms with van der Waals surface area (Å²) in [5, 5.41) is 0.715. The van der Waals surface area contributed by atoms with Gasteiger partial charge in [0.05, 0.1) is 5.52 Å². The molecule has 0 radical (unpaired) electrons. The van der Waals surface area contributed by atoms with Crippen LogP contribution >= 0.6 is 0 Å². The predicted octanol–water partition coefficient (Wildman–Crippen LogP) is 4.92. The number of aromatic nitrogens is 1. The van der Waals surface area contributed by atoms with Gasteiger partial charge in [0.25, 0.3) is 0 Å². The molecule has 3 rings (SSSR count). The maximum atomic E-state index is 12.9. The van der Waals surface area contributed by atoms with Crippen molar-refractivity contribution in [1.82, 2.24) is 4.98 Å². The number of hydrogen-bond acceptors (Lipinski definition) is 1. The summed E-state index contributed by atoms with van der Waals surface area (Å²) in [7, 11) is 0. The van der Waals surface area contributed by atoms with Crippen molar-refractivity contribution in [1.29, 1.82) is 0 Å². The lowest BCUT2D eigenvalue weighted by Crippen LogP contribution is -2.08. The molecule has 0 amide bonds. The summed E-state index contributed by atoms with van der Waals surface area (Å²) in [5.41, 5.74) is 0.774. The fourth-order valence-corrected chi connectivity index (χ4v) is 2.18. The maximum absolute atomic E-state index is 12.9. The third-order valence-corrected chi connectivity index (χ3v) is 3.09. The maximum Gasteiger partial charge on any atom is 0.433 e. The van der Waals surface area contributed by atoms with E-state index in [4.69, 9.17) is 0 Å². The van der Waals surface area contributed by atoms with E-state index in [1.807, 2.05) is 6.07 Å². The van der Waals surface area contributed by atoms with Crippen molar-refractivity contribution < 1.29 is 13.2 Å². The molecule has 1 heterocycles. The van der Waals surface area contributed by atoms with Gasteiger partial charge in [-0.2, -0.15) is 13.2 Å². The predicted molar refractivity (Wildman–Crippen MR) is 72.2 cm³/mol. The number of benzene rings is 2. The first-order valence-electron chi connectivity index (χ1n) is 6.08. The Hall–Kier alpha value is -2.36. The first-order chi connectivity index (χ1) is 9.55. The molecule has 0 saturated carbocycles. The Labute approximate surface area is 113 Å². The highest BCUT2D eigenvalue weighted by Gasteiger charge is 2.33. The molecule has 4 heteroatoms. The van der Waals surface area contributed by atoms with Crippen LogP contribution in [-0.2, 0) is 6.18 Å². The summed E-state index contributed by atoms with van der Waals surface area (Å²) in [5.74, 6) is 0. The molecule has 0 fully saturated rings. The van der Waals surface area contributed by atoms with Crippen LogP contribution in [0.25, 0.3) is 22.0 Å². The van der Waals surface area contributed by atoms with E-state index < -0.39 is 11.9 Å². The molecule has 0 aliphatic heterocycles. The van der Waals surface area contributed by atoms with E-state index in [-0.39, 0.29) is 0 Å². The molecular formula is C16H10F3N. The minimum absolute atomic E-state index is 0.348. The van der Waals surface area contributed by atoms with Crippen LogP contribution in [0.4, 0.5) is 13.2 Å². The zero-order valence-corrected chi connectivity index (χ0v) is 10.4. The van der Waals surface area contributed by atoms with E-state index >= 15 is 0 Å². The van der Waals surface area contributed by atoms with E-state index in [1.165, 1.54) is 0 Å². The fourth-order valence-electron chi connectivity index (χ4n) is 2.18. The minimum atomic E-state index is -4.45. The molecule has 0 aliphatic carbocycles. The first kappa shape index (κ1) is 12.7. The van der Waals surface area contributed by atoms with Crippen LogP contribution in [0.1, 0.15) is 5.69 Å². The molecule has 0 bridgehead atoms. The van der Waals surface area contributed by atoms with E-state index in [1.54, 1.807) is 48.5 Å². The van der Waals surface area contributed by atoms with Gasteiger partial charge in [0.2, 0.25) is 0 Å². The Morgan fingerprint density at radius 1 is 0.800 bits per heavy atom. The summed E-state index contributed by atoms with van der Waals surface area (Å²) in [6.07, 6.45) is -4.45. The third-order valence-electron chi connectivity index (χ3n) is 3.09. The molecule has 1 nitrogen and oxygen atoms in total. The zero-order valence-electron chi connectivity index (χ0n) is 10.4. The van der Waals surface area contributed by atoms with Gasteiger partial charge in [-0.3, -0.25) is 0 Å². The lowest BCUT2D eigenvalue weighted by molar-refractivity contribution is -0.140. The molecular weight excluding hydrogens is 263 g/mol. The average molecular weight is 273 g/mol. The van der Waals surface area contributed by atoms with Crippen LogP contribution in [0, 0.1) is 0 Å². The molecule has 2 aromatic carbocycles. The Kier molecular flexibility index (Phi) is 2.93. The number of fused-ring (bicyclic) bond motifs is 1. The number of alkyl halides is 3. The number of rotatable bonds is 1. The van der Waals surface area contributed by atoms with Gasteiger partial charge in [0, 0.05) is 5.39 Å². The minimum Gasteiger partial charge on any atom is -0.243 e. The van der Waals surface area contributed by atoms with Crippen molar-refractivity contribution in [3.05, 3.63) is 66.4 Å². The molecule has 0 spiro atoms.